The monoisotopic (exact) mass is 378 g/mol. The van der Waals surface area contributed by atoms with Crippen LogP contribution in [0.5, 0.6) is 0 Å². The van der Waals surface area contributed by atoms with Gasteiger partial charge >= 0.3 is 11.7 Å². The van der Waals surface area contributed by atoms with Crippen LogP contribution in [-0.4, -0.2) is 33.6 Å². The van der Waals surface area contributed by atoms with Gasteiger partial charge in [-0.15, -0.1) is 11.3 Å². The summed E-state index contributed by atoms with van der Waals surface area (Å²) in [4.78, 5) is 36.3. The van der Waals surface area contributed by atoms with Crippen LogP contribution in [-0.2, 0) is 17.6 Å². The Morgan fingerprint density at radius 3 is 2.92 bits per heavy atom. The number of aryl methyl sites for hydroxylation is 1. The quantitative estimate of drug-likeness (QED) is 0.452. The molecule has 0 fully saturated rings. The van der Waals surface area contributed by atoms with Crippen LogP contribution in [0.25, 0.3) is 0 Å². The van der Waals surface area contributed by atoms with Gasteiger partial charge in [0.15, 0.2) is 0 Å². The molecule has 0 atom stereocenters. The molecule has 2 aromatic heterocycles. The molecule has 2 heterocycles. The SMILES string of the molecule is CCCOC(=O)c1c(NC(=O)c2[nH]ncc2[N+](=O)[O-])sc2c1CCCC2. The number of nitro groups is 1. The van der Waals surface area contributed by atoms with Crippen molar-refractivity contribution in [3.05, 3.63) is 38.0 Å². The summed E-state index contributed by atoms with van der Waals surface area (Å²) in [6.45, 7) is 2.19. The van der Waals surface area contributed by atoms with Crippen molar-refractivity contribution in [2.24, 2.45) is 0 Å². The van der Waals surface area contributed by atoms with Crippen LogP contribution in [0.3, 0.4) is 0 Å². The van der Waals surface area contributed by atoms with Gasteiger partial charge in [0.1, 0.15) is 11.2 Å². The Labute approximate surface area is 152 Å². The fourth-order valence-corrected chi connectivity index (χ4v) is 4.16. The normalized spacial score (nSPS) is 13.1. The van der Waals surface area contributed by atoms with E-state index in [9.17, 15) is 19.7 Å². The Balaban J connectivity index is 1.92. The van der Waals surface area contributed by atoms with E-state index >= 15 is 0 Å². The number of hydrogen-bond acceptors (Lipinski definition) is 7. The van der Waals surface area contributed by atoms with Gasteiger partial charge in [0.2, 0.25) is 5.69 Å². The van der Waals surface area contributed by atoms with Crippen LogP contribution >= 0.6 is 11.3 Å². The number of nitrogens with zero attached hydrogens (tertiary/aromatic N) is 2. The molecule has 1 aliphatic rings. The van der Waals surface area contributed by atoms with E-state index in [4.69, 9.17) is 4.74 Å². The number of H-pyrrole nitrogens is 1. The van der Waals surface area contributed by atoms with E-state index in [0.717, 1.165) is 42.3 Å². The molecule has 26 heavy (non-hydrogen) atoms. The van der Waals surface area contributed by atoms with Gasteiger partial charge in [0.25, 0.3) is 5.91 Å². The average Bonchev–Trinajstić information content (AvgIpc) is 3.24. The third kappa shape index (κ3) is 3.45. The zero-order valence-electron chi connectivity index (χ0n) is 14.2. The summed E-state index contributed by atoms with van der Waals surface area (Å²) in [6, 6.07) is 0. The van der Waals surface area contributed by atoms with Gasteiger partial charge in [0.05, 0.1) is 17.1 Å². The fraction of sp³-hybridized carbons (Fsp3) is 0.438. The summed E-state index contributed by atoms with van der Waals surface area (Å²) in [5, 5.41) is 19.9. The van der Waals surface area contributed by atoms with Gasteiger partial charge in [-0.1, -0.05) is 6.92 Å². The van der Waals surface area contributed by atoms with Gasteiger partial charge < -0.3 is 10.1 Å². The molecule has 0 radical (unpaired) electrons. The molecule has 0 bridgehead atoms. The number of thiophene rings is 1. The molecule has 138 valence electrons. The van der Waals surface area contributed by atoms with Gasteiger partial charge in [0, 0.05) is 4.88 Å². The van der Waals surface area contributed by atoms with Crippen molar-refractivity contribution in [3.63, 3.8) is 0 Å². The molecule has 0 saturated carbocycles. The molecule has 0 aromatic carbocycles. The number of hydrogen-bond donors (Lipinski definition) is 2. The lowest BCUT2D eigenvalue weighted by Crippen LogP contribution is -2.17. The second-order valence-corrected chi connectivity index (χ2v) is 7.00. The molecule has 3 rings (SSSR count). The van der Waals surface area contributed by atoms with Crippen LogP contribution in [0, 0.1) is 10.1 Å². The van der Waals surface area contributed by atoms with Crippen molar-refractivity contribution >= 4 is 33.9 Å². The first-order valence-electron chi connectivity index (χ1n) is 8.33. The van der Waals surface area contributed by atoms with E-state index in [-0.39, 0.29) is 5.69 Å². The second-order valence-electron chi connectivity index (χ2n) is 5.89. The summed E-state index contributed by atoms with van der Waals surface area (Å²) in [5.74, 6) is -1.18. The van der Waals surface area contributed by atoms with Crippen molar-refractivity contribution in [3.8, 4) is 0 Å². The Bertz CT molecular complexity index is 857. The lowest BCUT2D eigenvalue weighted by Gasteiger charge is -2.12. The number of esters is 1. The van der Waals surface area contributed by atoms with Gasteiger partial charge in [-0.05, 0) is 37.7 Å². The fourth-order valence-electron chi connectivity index (χ4n) is 2.89. The Morgan fingerprint density at radius 2 is 2.19 bits per heavy atom. The molecule has 1 aliphatic carbocycles. The van der Waals surface area contributed by atoms with E-state index in [0.29, 0.717) is 23.6 Å². The first-order chi connectivity index (χ1) is 12.5. The highest BCUT2D eigenvalue weighted by atomic mass is 32.1. The lowest BCUT2D eigenvalue weighted by atomic mass is 9.95. The number of aromatic amines is 1. The summed E-state index contributed by atoms with van der Waals surface area (Å²) in [7, 11) is 0. The summed E-state index contributed by atoms with van der Waals surface area (Å²) < 4.78 is 5.26. The topological polar surface area (TPSA) is 127 Å². The number of anilines is 1. The standard InChI is InChI=1S/C16H18N4O5S/c1-2-7-25-16(22)12-9-5-3-4-6-11(9)26-15(12)18-14(21)13-10(20(23)24)8-17-19-13/h8H,2-7H2,1H3,(H,17,19)(H,18,21). The highest BCUT2D eigenvalue weighted by Gasteiger charge is 2.29. The van der Waals surface area contributed by atoms with E-state index < -0.39 is 22.5 Å². The second kappa shape index (κ2) is 7.65. The summed E-state index contributed by atoms with van der Waals surface area (Å²) in [5.41, 5.74) is 0.610. The Hall–Kier alpha value is -2.75. The molecule has 0 aliphatic heterocycles. The zero-order chi connectivity index (χ0) is 18.7. The van der Waals surface area contributed by atoms with Crippen LogP contribution in [0.4, 0.5) is 10.7 Å². The number of fused-ring (bicyclic) bond motifs is 1. The summed E-state index contributed by atoms with van der Waals surface area (Å²) in [6.07, 6.45) is 5.26. The summed E-state index contributed by atoms with van der Waals surface area (Å²) >= 11 is 1.33. The van der Waals surface area contributed by atoms with Crippen molar-refractivity contribution in [1.29, 1.82) is 0 Å². The minimum atomic E-state index is -0.711. The van der Waals surface area contributed by atoms with E-state index in [2.05, 4.69) is 15.5 Å². The molecule has 0 spiro atoms. The highest BCUT2D eigenvalue weighted by molar-refractivity contribution is 7.17. The maximum Gasteiger partial charge on any atom is 0.341 e. The molecular weight excluding hydrogens is 360 g/mol. The smallest absolute Gasteiger partial charge is 0.341 e. The number of rotatable bonds is 6. The number of aromatic nitrogens is 2. The van der Waals surface area contributed by atoms with E-state index in [1.807, 2.05) is 6.92 Å². The number of ether oxygens (including phenoxy) is 1. The third-order valence-corrected chi connectivity index (χ3v) is 5.29. The molecule has 0 unspecified atom stereocenters. The van der Waals surface area contributed by atoms with E-state index in [1.165, 1.54) is 11.3 Å². The minimum absolute atomic E-state index is 0.255. The average molecular weight is 378 g/mol. The first kappa shape index (κ1) is 18.1. The predicted octanol–water partition coefficient (Wildman–Crippen LogP) is 3.08. The van der Waals surface area contributed by atoms with Crippen LogP contribution in [0.1, 0.15) is 57.5 Å². The van der Waals surface area contributed by atoms with Crippen molar-refractivity contribution in [2.45, 2.75) is 39.0 Å². The number of carbonyl (C=O) groups excluding carboxylic acids is 2. The molecule has 10 heteroatoms. The zero-order valence-corrected chi connectivity index (χ0v) is 15.0. The first-order valence-corrected chi connectivity index (χ1v) is 9.15. The number of amides is 1. The van der Waals surface area contributed by atoms with Gasteiger partial charge in [-0.3, -0.25) is 20.0 Å². The highest BCUT2D eigenvalue weighted by Crippen LogP contribution is 2.39. The molecule has 9 nitrogen and oxygen atoms in total. The Morgan fingerprint density at radius 1 is 1.42 bits per heavy atom. The Kier molecular flexibility index (Phi) is 5.31. The number of nitrogens with one attached hydrogen (secondary N) is 2. The molecule has 1 amide bonds. The third-order valence-electron chi connectivity index (χ3n) is 4.08. The molecule has 2 aromatic rings. The van der Waals surface area contributed by atoms with Crippen molar-refractivity contribution in [1.82, 2.24) is 10.2 Å². The van der Waals surface area contributed by atoms with Crippen LogP contribution in [0.15, 0.2) is 6.20 Å². The number of carbonyl (C=O) groups is 2. The molecule has 0 saturated heterocycles. The predicted molar refractivity (Wildman–Crippen MR) is 94.7 cm³/mol. The molecule has 2 N–H and O–H groups in total. The lowest BCUT2D eigenvalue weighted by molar-refractivity contribution is -0.385. The largest absolute Gasteiger partial charge is 0.462 e. The minimum Gasteiger partial charge on any atom is -0.462 e. The van der Waals surface area contributed by atoms with Crippen molar-refractivity contribution in [2.75, 3.05) is 11.9 Å². The van der Waals surface area contributed by atoms with Gasteiger partial charge in [-0.2, -0.15) is 5.10 Å². The maximum atomic E-state index is 12.5. The molecular formula is C16H18N4O5S. The van der Waals surface area contributed by atoms with Crippen LogP contribution < -0.4 is 5.32 Å². The van der Waals surface area contributed by atoms with Crippen LogP contribution in [0.2, 0.25) is 0 Å². The van der Waals surface area contributed by atoms with Crippen molar-refractivity contribution < 1.29 is 19.2 Å². The maximum absolute atomic E-state index is 12.5. The van der Waals surface area contributed by atoms with E-state index in [1.54, 1.807) is 0 Å². The van der Waals surface area contributed by atoms with Gasteiger partial charge in [-0.25, -0.2) is 4.79 Å².